The van der Waals surface area contributed by atoms with E-state index in [2.05, 4.69) is 4.57 Å². The van der Waals surface area contributed by atoms with Crippen molar-refractivity contribution in [3.63, 3.8) is 0 Å². The van der Waals surface area contributed by atoms with Crippen LogP contribution in [0.3, 0.4) is 0 Å². The fourth-order valence-corrected chi connectivity index (χ4v) is 5.09. The van der Waals surface area contributed by atoms with E-state index < -0.39 is 0 Å². The Morgan fingerprint density at radius 1 is 1.26 bits per heavy atom. The molecule has 2 aromatic rings. The second-order valence-corrected chi connectivity index (χ2v) is 7.65. The topological polar surface area (TPSA) is 45.5 Å². The van der Waals surface area contributed by atoms with Gasteiger partial charge in [-0.1, -0.05) is 0 Å². The third-order valence-corrected chi connectivity index (χ3v) is 6.34. The molecule has 4 rings (SSSR count). The van der Waals surface area contributed by atoms with E-state index >= 15 is 0 Å². The Kier molecular flexibility index (Phi) is 3.99. The number of fused-ring (bicyclic) bond motifs is 1. The summed E-state index contributed by atoms with van der Waals surface area (Å²) in [6, 6.07) is 4.01. The largest absolute Gasteiger partial charge is 0.396 e. The van der Waals surface area contributed by atoms with Crippen molar-refractivity contribution in [2.24, 2.45) is 5.92 Å². The number of amides is 1. The second kappa shape index (κ2) is 6.13. The van der Waals surface area contributed by atoms with E-state index in [1.807, 2.05) is 29.4 Å². The number of hydrogen-bond acceptors (Lipinski definition) is 3. The fourth-order valence-electron chi connectivity index (χ4n) is 3.75. The molecule has 3 heterocycles. The van der Waals surface area contributed by atoms with Crippen LogP contribution in [0.1, 0.15) is 40.1 Å². The number of aromatic nitrogens is 1. The van der Waals surface area contributed by atoms with Gasteiger partial charge in [0.05, 0.1) is 5.56 Å². The number of carbonyl (C=O) groups excluding carboxylic acids is 1. The highest BCUT2D eigenvalue weighted by molar-refractivity contribution is 7.15. The molecule has 1 aliphatic heterocycles. The molecule has 0 aromatic carbocycles. The highest BCUT2D eigenvalue weighted by atomic mass is 32.1. The number of rotatable bonds is 3. The van der Waals surface area contributed by atoms with Gasteiger partial charge in [0.1, 0.15) is 5.00 Å². The minimum Gasteiger partial charge on any atom is -0.396 e. The molecule has 1 saturated heterocycles. The van der Waals surface area contributed by atoms with Gasteiger partial charge in [0.15, 0.2) is 0 Å². The Morgan fingerprint density at radius 2 is 2.04 bits per heavy atom. The van der Waals surface area contributed by atoms with Crippen LogP contribution in [0.15, 0.2) is 24.5 Å². The monoisotopic (exact) mass is 330 g/mol. The van der Waals surface area contributed by atoms with Gasteiger partial charge in [0.2, 0.25) is 0 Å². The summed E-state index contributed by atoms with van der Waals surface area (Å²) in [5, 5.41) is 10.4. The van der Waals surface area contributed by atoms with E-state index in [9.17, 15) is 9.90 Å². The molecule has 0 radical (unpaired) electrons. The zero-order valence-corrected chi connectivity index (χ0v) is 14.0. The summed E-state index contributed by atoms with van der Waals surface area (Å²) in [5.74, 6) is 0.396. The van der Waals surface area contributed by atoms with Crippen molar-refractivity contribution >= 4 is 17.2 Å². The number of thiophene rings is 1. The van der Waals surface area contributed by atoms with Gasteiger partial charge in [-0.15, -0.1) is 11.3 Å². The van der Waals surface area contributed by atoms with Crippen molar-refractivity contribution in [3.8, 4) is 5.00 Å². The molecule has 122 valence electrons. The molecule has 0 saturated carbocycles. The SMILES string of the molecule is O=C(c1c(-n2cccc2)sc2c1CCCC2)N1CCC(CO)C1. The molecule has 4 nitrogen and oxygen atoms in total. The molecule has 1 amide bonds. The Bertz CT molecular complexity index is 705. The van der Waals surface area contributed by atoms with Gasteiger partial charge in [-0.2, -0.15) is 0 Å². The van der Waals surface area contributed by atoms with Crippen LogP contribution < -0.4 is 0 Å². The van der Waals surface area contributed by atoms with Crippen LogP contribution in [0.4, 0.5) is 0 Å². The Labute approximate surface area is 140 Å². The van der Waals surface area contributed by atoms with Crippen molar-refractivity contribution < 1.29 is 9.90 Å². The minimum absolute atomic E-state index is 0.157. The molecule has 2 aliphatic rings. The van der Waals surface area contributed by atoms with Crippen molar-refractivity contribution in [3.05, 3.63) is 40.5 Å². The normalized spacial score (nSPS) is 20.7. The highest BCUT2D eigenvalue weighted by Crippen LogP contribution is 2.38. The van der Waals surface area contributed by atoms with Crippen LogP contribution >= 0.6 is 11.3 Å². The number of hydrogen-bond donors (Lipinski definition) is 1. The maximum absolute atomic E-state index is 13.2. The summed E-state index contributed by atoms with van der Waals surface area (Å²) in [6.07, 6.45) is 9.47. The average Bonchev–Trinajstić information content (AvgIpc) is 3.31. The molecule has 1 fully saturated rings. The van der Waals surface area contributed by atoms with Crippen LogP contribution in [0.2, 0.25) is 0 Å². The van der Waals surface area contributed by atoms with Gasteiger partial charge in [0, 0.05) is 42.9 Å². The lowest BCUT2D eigenvalue weighted by Crippen LogP contribution is -2.30. The predicted octanol–water partition coefficient (Wildman–Crippen LogP) is 2.87. The molecular weight excluding hydrogens is 308 g/mol. The zero-order valence-electron chi connectivity index (χ0n) is 13.2. The molecule has 0 spiro atoms. The molecule has 1 aliphatic carbocycles. The summed E-state index contributed by atoms with van der Waals surface area (Å²) < 4.78 is 2.08. The summed E-state index contributed by atoms with van der Waals surface area (Å²) in [6.45, 7) is 1.63. The second-order valence-electron chi connectivity index (χ2n) is 6.57. The zero-order chi connectivity index (χ0) is 15.8. The van der Waals surface area contributed by atoms with Gasteiger partial charge >= 0.3 is 0 Å². The third-order valence-electron chi connectivity index (χ3n) is 5.04. The standard InChI is InChI=1S/C18H22N2O2S/c21-12-13-7-10-20(11-13)17(22)16-14-5-1-2-6-15(14)23-18(16)19-8-3-4-9-19/h3-4,8-9,13,21H,1-2,5-7,10-12H2. The molecule has 1 unspecified atom stereocenters. The van der Waals surface area contributed by atoms with E-state index in [1.54, 1.807) is 11.3 Å². The molecule has 0 bridgehead atoms. The molecule has 5 heteroatoms. The van der Waals surface area contributed by atoms with Crippen molar-refractivity contribution in [2.45, 2.75) is 32.1 Å². The maximum atomic E-state index is 13.2. The lowest BCUT2D eigenvalue weighted by Gasteiger charge is -2.19. The van der Waals surface area contributed by atoms with Crippen molar-refractivity contribution in [1.82, 2.24) is 9.47 Å². The molecule has 2 aromatic heterocycles. The summed E-state index contributed by atoms with van der Waals surface area (Å²) >= 11 is 1.78. The number of aliphatic hydroxyl groups is 1. The van der Waals surface area contributed by atoms with E-state index in [-0.39, 0.29) is 18.4 Å². The van der Waals surface area contributed by atoms with Crippen LogP contribution in [0.5, 0.6) is 0 Å². The highest BCUT2D eigenvalue weighted by Gasteiger charge is 2.32. The molecule has 1 atom stereocenters. The first-order valence-electron chi connectivity index (χ1n) is 8.46. The summed E-state index contributed by atoms with van der Waals surface area (Å²) in [7, 11) is 0. The Hall–Kier alpha value is -1.59. The van der Waals surface area contributed by atoms with Crippen LogP contribution in [0, 0.1) is 5.92 Å². The van der Waals surface area contributed by atoms with E-state index in [0.29, 0.717) is 6.54 Å². The fraction of sp³-hybridized carbons (Fsp3) is 0.500. The van der Waals surface area contributed by atoms with Gasteiger partial charge in [-0.25, -0.2) is 0 Å². The first-order valence-corrected chi connectivity index (χ1v) is 9.27. The Morgan fingerprint density at radius 3 is 2.78 bits per heavy atom. The maximum Gasteiger partial charge on any atom is 0.257 e. The number of aliphatic hydroxyl groups excluding tert-OH is 1. The van der Waals surface area contributed by atoms with Crippen LogP contribution in [0.25, 0.3) is 5.00 Å². The van der Waals surface area contributed by atoms with E-state index in [4.69, 9.17) is 0 Å². The molecular formula is C18H22N2O2S. The smallest absolute Gasteiger partial charge is 0.257 e. The van der Waals surface area contributed by atoms with Gasteiger partial charge in [-0.3, -0.25) is 4.79 Å². The van der Waals surface area contributed by atoms with E-state index in [1.165, 1.54) is 23.3 Å². The van der Waals surface area contributed by atoms with E-state index in [0.717, 1.165) is 36.4 Å². The number of carbonyl (C=O) groups is 1. The minimum atomic E-state index is 0.157. The number of likely N-dealkylation sites (tertiary alicyclic amines) is 1. The predicted molar refractivity (Wildman–Crippen MR) is 91.4 cm³/mol. The average molecular weight is 330 g/mol. The molecule has 1 N–H and O–H groups in total. The van der Waals surface area contributed by atoms with Gasteiger partial charge in [-0.05, 0) is 49.8 Å². The lowest BCUT2D eigenvalue weighted by molar-refractivity contribution is 0.0781. The van der Waals surface area contributed by atoms with Crippen LogP contribution in [-0.4, -0.2) is 40.2 Å². The first kappa shape index (κ1) is 15.0. The third kappa shape index (κ3) is 2.62. The lowest BCUT2D eigenvalue weighted by atomic mass is 9.95. The number of nitrogens with zero attached hydrogens (tertiary/aromatic N) is 2. The van der Waals surface area contributed by atoms with Crippen molar-refractivity contribution in [1.29, 1.82) is 0 Å². The summed E-state index contributed by atoms with van der Waals surface area (Å²) in [5.41, 5.74) is 2.20. The quantitative estimate of drug-likeness (QED) is 0.940. The first-order chi connectivity index (χ1) is 11.3. The summed E-state index contributed by atoms with van der Waals surface area (Å²) in [4.78, 5) is 16.5. The molecule has 23 heavy (non-hydrogen) atoms. The van der Waals surface area contributed by atoms with Gasteiger partial charge < -0.3 is 14.6 Å². The van der Waals surface area contributed by atoms with Crippen LogP contribution in [-0.2, 0) is 12.8 Å². The van der Waals surface area contributed by atoms with Gasteiger partial charge in [0.25, 0.3) is 5.91 Å². The van der Waals surface area contributed by atoms with Crippen molar-refractivity contribution in [2.75, 3.05) is 19.7 Å². The number of aryl methyl sites for hydroxylation is 1. The Balaban J connectivity index is 1.74.